The maximum Gasteiger partial charge on any atom is 0.331 e. The van der Waals surface area contributed by atoms with E-state index >= 15 is 0 Å². The number of allylic oxidation sites excluding steroid dienone is 5. The second kappa shape index (κ2) is 11.0. The average Bonchev–Trinajstić information content (AvgIpc) is 3.68. The SMILES string of the molecule is C=C(C)C12OC3(c4ccccc4)OC1C1C4OC4(CO)C(O)C4(O)C(=O)C(C)CC4C1(O3)C(C)C2OC(=O)/C=C/C=C/C=C/CCC. The van der Waals surface area contributed by atoms with Crippen LogP contribution in [0.2, 0.25) is 0 Å². The summed E-state index contributed by atoms with van der Waals surface area (Å²) in [5, 5.41) is 35.0. The standard InChI is InChI=1S/C37H44O10/c1-6-7-8-9-10-11-15-18-26(39)43-29-23(5)36-25-19-22(4)28(40)34(25,42)32(41)33(20-38)30(44-33)27(36)31-35(29,21(2)3)46-37(45-31,47-36)24-16-13-12-14-17-24/h8-18,22-23,25,27,29-32,38,41-42H,2,6-7,19-20H2,1,3-5H3/b9-8+,11-10+,18-15+. The molecule has 0 amide bonds. The van der Waals surface area contributed by atoms with Gasteiger partial charge in [0, 0.05) is 35.3 Å². The van der Waals surface area contributed by atoms with Crippen molar-refractivity contribution in [1.29, 1.82) is 0 Å². The van der Waals surface area contributed by atoms with Crippen LogP contribution in [-0.4, -0.2) is 80.5 Å². The Bertz CT molecular complexity index is 1550. The van der Waals surface area contributed by atoms with Gasteiger partial charge in [0.15, 0.2) is 17.0 Å². The zero-order valence-corrected chi connectivity index (χ0v) is 27.2. The highest BCUT2D eigenvalue weighted by molar-refractivity contribution is 5.93. The highest BCUT2D eigenvalue weighted by Gasteiger charge is 2.91. The first-order valence-corrected chi connectivity index (χ1v) is 16.6. The molecule has 10 heteroatoms. The van der Waals surface area contributed by atoms with Crippen LogP contribution in [-0.2, 0) is 39.2 Å². The molecule has 3 N–H and O–H groups in total. The van der Waals surface area contributed by atoms with Crippen molar-refractivity contribution >= 4 is 11.8 Å². The quantitative estimate of drug-likeness (QED) is 0.120. The summed E-state index contributed by atoms with van der Waals surface area (Å²) in [5.41, 5.74) is -5.87. The first-order chi connectivity index (χ1) is 22.4. The zero-order valence-electron chi connectivity index (χ0n) is 27.2. The second-order valence-corrected chi connectivity index (χ2v) is 14.2. The van der Waals surface area contributed by atoms with E-state index in [1.807, 2.05) is 43.4 Å². The molecule has 10 nitrogen and oxygen atoms in total. The Kier molecular flexibility index (Phi) is 7.65. The number of unbranched alkanes of at least 4 members (excludes halogenated alkanes) is 1. The van der Waals surface area contributed by atoms with Gasteiger partial charge in [-0.05, 0) is 25.3 Å². The summed E-state index contributed by atoms with van der Waals surface area (Å²) in [6.45, 7) is 11.1. The van der Waals surface area contributed by atoms with Gasteiger partial charge >= 0.3 is 11.9 Å². The molecular formula is C37H44O10. The van der Waals surface area contributed by atoms with Crippen molar-refractivity contribution in [3.63, 3.8) is 0 Å². The van der Waals surface area contributed by atoms with E-state index in [2.05, 4.69) is 13.5 Å². The summed E-state index contributed by atoms with van der Waals surface area (Å²) in [5.74, 6) is -6.13. The number of esters is 1. The third kappa shape index (κ3) is 4.10. The maximum atomic E-state index is 13.9. The molecule has 1 aromatic rings. The van der Waals surface area contributed by atoms with Crippen molar-refractivity contribution in [2.75, 3.05) is 6.61 Å². The first kappa shape index (κ1) is 32.6. The number of ketones is 1. The van der Waals surface area contributed by atoms with Crippen LogP contribution in [0.25, 0.3) is 0 Å². The van der Waals surface area contributed by atoms with E-state index in [0.29, 0.717) is 11.1 Å². The number of aliphatic hydroxyl groups excluding tert-OH is 2. The van der Waals surface area contributed by atoms with Gasteiger partial charge in [0.05, 0.1) is 12.2 Å². The fourth-order valence-electron chi connectivity index (χ4n) is 9.53. The van der Waals surface area contributed by atoms with Crippen LogP contribution in [0.3, 0.4) is 0 Å². The molecule has 47 heavy (non-hydrogen) atoms. The van der Waals surface area contributed by atoms with Gasteiger partial charge in [-0.2, -0.15) is 0 Å². The summed E-state index contributed by atoms with van der Waals surface area (Å²) >= 11 is 0. The van der Waals surface area contributed by atoms with Gasteiger partial charge in [-0.3, -0.25) is 4.79 Å². The number of ether oxygens (including phenoxy) is 5. The summed E-state index contributed by atoms with van der Waals surface area (Å²) in [4.78, 5) is 27.4. The van der Waals surface area contributed by atoms with Crippen LogP contribution >= 0.6 is 0 Å². The number of aliphatic hydroxyl groups is 3. The summed E-state index contributed by atoms with van der Waals surface area (Å²) in [6, 6.07) is 9.08. The number of carbonyl (C=O) groups is 2. The van der Waals surface area contributed by atoms with Crippen LogP contribution < -0.4 is 0 Å². The molecule has 3 aliphatic carbocycles. The molecule has 0 aromatic heterocycles. The smallest absolute Gasteiger partial charge is 0.331 e. The summed E-state index contributed by atoms with van der Waals surface area (Å²) < 4.78 is 33.4. The minimum atomic E-state index is -2.33. The number of Topliss-reactive ketones (excluding diaryl/α,β-unsaturated/α-hetero) is 1. The third-order valence-electron chi connectivity index (χ3n) is 11.7. The summed E-state index contributed by atoms with van der Waals surface area (Å²) in [6.07, 6.45) is 8.04. The lowest BCUT2D eigenvalue weighted by Crippen LogP contribution is -2.76. The number of epoxide rings is 1. The van der Waals surface area contributed by atoms with E-state index in [0.717, 1.165) is 12.8 Å². The Labute approximate surface area is 274 Å². The van der Waals surface area contributed by atoms with Crippen molar-refractivity contribution in [2.45, 2.75) is 99.8 Å². The Morgan fingerprint density at radius 1 is 1.09 bits per heavy atom. The average molecular weight is 649 g/mol. The lowest BCUT2D eigenvalue weighted by molar-refractivity contribution is -0.443. The molecule has 7 rings (SSSR count). The van der Waals surface area contributed by atoms with E-state index < -0.39 is 94.8 Å². The number of carbonyl (C=O) groups excluding carboxylic acids is 2. The molecule has 252 valence electrons. The van der Waals surface area contributed by atoms with Gasteiger partial charge in [-0.1, -0.05) is 94.5 Å². The molecule has 0 spiro atoms. The maximum absolute atomic E-state index is 13.9. The third-order valence-corrected chi connectivity index (χ3v) is 11.7. The number of rotatable bonds is 9. The fourth-order valence-corrected chi connectivity index (χ4v) is 9.53. The van der Waals surface area contributed by atoms with E-state index in [-0.39, 0.29) is 6.42 Å². The topological polar surface area (TPSA) is 144 Å². The van der Waals surface area contributed by atoms with E-state index in [9.17, 15) is 24.9 Å². The van der Waals surface area contributed by atoms with E-state index in [4.69, 9.17) is 23.7 Å². The predicted octanol–water partition coefficient (Wildman–Crippen LogP) is 3.40. The van der Waals surface area contributed by atoms with Gasteiger partial charge in [0.25, 0.3) is 0 Å². The van der Waals surface area contributed by atoms with Crippen molar-refractivity contribution in [3.8, 4) is 0 Å². The number of hydrogen-bond donors (Lipinski definition) is 3. The van der Waals surface area contributed by atoms with Crippen LogP contribution in [0.15, 0.2) is 78.9 Å². The largest absolute Gasteiger partial charge is 0.455 e. The Morgan fingerprint density at radius 2 is 1.81 bits per heavy atom. The molecule has 13 atom stereocenters. The Morgan fingerprint density at radius 3 is 2.49 bits per heavy atom. The van der Waals surface area contributed by atoms with E-state index in [1.54, 1.807) is 38.1 Å². The molecule has 6 fully saturated rings. The molecule has 3 heterocycles. The monoisotopic (exact) mass is 648 g/mol. The number of benzene rings is 1. The Balaban J connectivity index is 1.39. The van der Waals surface area contributed by atoms with Crippen LogP contribution in [0, 0.1) is 23.7 Å². The van der Waals surface area contributed by atoms with Crippen LogP contribution in [0.5, 0.6) is 0 Å². The van der Waals surface area contributed by atoms with Crippen molar-refractivity contribution in [2.24, 2.45) is 23.7 Å². The molecule has 3 saturated carbocycles. The predicted molar refractivity (Wildman–Crippen MR) is 168 cm³/mol. The highest BCUT2D eigenvalue weighted by atomic mass is 16.9. The molecular weight excluding hydrogens is 604 g/mol. The van der Waals surface area contributed by atoms with Crippen molar-refractivity contribution in [1.82, 2.24) is 0 Å². The lowest BCUT2D eigenvalue weighted by atomic mass is 9.52. The number of hydrogen-bond acceptors (Lipinski definition) is 10. The number of fused-ring (bicyclic) bond motifs is 3. The minimum absolute atomic E-state index is 0.177. The minimum Gasteiger partial charge on any atom is -0.455 e. The van der Waals surface area contributed by atoms with Crippen LogP contribution in [0.4, 0.5) is 0 Å². The molecule has 13 unspecified atom stereocenters. The molecule has 0 radical (unpaired) electrons. The second-order valence-electron chi connectivity index (χ2n) is 14.2. The van der Waals surface area contributed by atoms with Crippen molar-refractivity contribution in [3.05, 3.63) is 84.5 Å². The van der Waals surface area contributed by atoms with Crippen molar-refractivity contribution < 1.29 is 48.6 Å². The van der Waals surface area contributed by atoms with Gasteiger partial charge in [0.2, 0.25) is 0 Å². The first-order valence-electron chi connectivity index (χ1n) is 16.6. The molecule has 3 aliphatic heterocycles. The lowest BCUT2D eigenvalue weighted by Gasteiger charge is -2.61. The molecule has 6 aliphatic rings. The van der Waals surface area contributed by atoms with Gasteiger partial charge in [-0.25, -0.2) is 4.79 Å². The molecule has 1 aromatic carbocycles. The van der Waals surface area contributed by atoms with E-state index in [1.165, 1.54) is 6.08 Å². The molecule has 3 bridgehead atoms. The van der Waals surface area contributed by atoms with Gasteiger partial charge in [-0.15, -0.1) is 0 Å². The van der Waals surface area contributed by atoms with Crippen LogP contribution in [0.1, 0.15) is 52.5 Å². The van der Waals surface area contributed by atoms with Gasteiger partial charge < -0.3 is 39.0 Å². The zero-order chi connectivity index (χ0) is 33.6. The Hall–Kier alpha value is -2.96. The summed E-state index contributed by atoms with van der Waals surface area (Å²) in [7, 11) is 0. The molecule has 3 saturated heterocycles. The fraction of sp³-hybridized carbons (Fsp3) is 0.568. The van der Waals surface area contributed by atoms with Gasteiger partial charge in [0.1, 0.15) is 30.0 Å². The normalized spacial score (nSPS) is 47.7. The highest BCUT2D eigenvalue weighted by Crippen LogP contribution is 2.74.